The van der Waals surface area contributed by atoms with Crippen molar-refractivity contribution in [1.82, 2.24) is 4.90 Å². The fraction of sp³-hybridized carbons (Fsp3) is 0.636. The number of aliphatic carboxylic acids is 2. The first kappa shape index (κ1) is 19.0. The lowest BCUT2D eigenvalue weighted by Gasteiger charge is -2.27. The van der Waals surface area contributed by atoms with Crippen molar-refractivity contribution in [3.63, 3.8) is 0 Å². The third-order valence-corrected chi connectivity index (χ3v) is 2.49. The zero-order valence-electron chi connectivity index (χ0n) is 11.3. The lowest BCUT2D eigenvalue weighted by Crippen LogP contribution is -2.52. The van der Waals surface area contributed by atoms with E-state index in [1.807, 2.05) is 0 Å². The fourth-order valence-electron chi connectivity index (χ4n) is 1.60. The molecule has 0 aromatic carbocycles. The standard InChI is InChI=1S/C11H17NO9/c1-2-21-7(11(19)20)3-6(10(17)18)12(8(15)4-13)9(16)5-14/h6-7,13-14H,2-5H2,1H3,(H,17,18)(H,19,20). The van der Waals surface area contributed by atoms with Gasteiger partial charge in [0, 0.05) is 13.0 Å². The van der Waals surface area contributed by atoms with Crippen molar-refractivity contribution >= 4 is 23.8 Å². The third-order valence-electron chi connectivity index (χ3n) is 2.49. The molecule has 0 fully saturated rings. The van der Waals surface area contributed by atoms with Gasteiger partial charge in [-0.15, -0.1) is 0 Å². The Morgan fingerprint density at radius 3 is 1.76 bits per heavy atom. The van der Waals surface area contributed by atoms with Crippen molar-refractivity contribution in [2.75, 3.05) is 19.8 Å². The Morgan fingerprint density at radius 1 is 1.00 bits per heavy atom. The summed E-state index contributed by atoms with van der Waals surface area (Å²) in [5.74, 6) is -5.65. The number of hydrogen-bond donors (Lipinski definition) is 4. The Hall–Kier alpha value is -2.04. The van der Waals surface area contributed by atoms with Crippen LogP contribution in [0.15, 0.2) is 0 Å². The summed E-state index contributed by atoms with van der Waals surface area (Å²) in [5, 5.41) is 35.5. The van der Waals surface area contributed by atoms with E-state index in [9.17, 15) is 19.2 Å². The summed E-state index contributed by atoms with van der Waals surface area (Å²) < 4.78 is 4.82. The number of carbonyl (C=O) groups excluding carboxylic acids is 2. The van der Waals surface area contributed by atoms with E-state index in [1.165, 1.54) is 6.92 Å². The zero-order chi connectivity index (χ0) is 16.6. The predicted octanol–water partition coefficient (Wildman–Crippen LogP) is -2.34. The van der Waals surface area contributed by atoms with Gasteiger partial charge in [0.25, 0.3) is 11.8 Å². The molecule has 10 heteroatoms. The van der Waals surface area contributed by atoms with Crippen molar-refractivity contribution in [3.05, 3.63) is 0 Å². The van der Waals surface area contributed by atoms with E-state index in [0.29, 0.717) is 0 Å². The number of nitrogens with zero attached hydrogens (tertiary/aromatic N) is 1. The Balaban J connectivity index is 5.40. The molecular formula is C11H17NO9. The van der Waals surface area contributed by atoms with Crippen molar-refractivity contribution < 1.29 is 44.3 Å². The van der Waals surface area contributed by atoms with E-state index in [1.54, 1.807) is 0 Å². The van der Waals surface area contributed by atoms with Crippen molar-refractivity contribution in [3.8, 4) is 0 Å². The van der Waals surface area contributed by atoms with E-state index >= 15 is 0 Å². The second-order valence-electron chi connectivity index (χ2n) is 3.85. The van der Waals surface area contributed by atoms with Gasteiger partial charge in [-0.3, -0.25) is 14.5 Å². The van der Waals surface area contributed by atoms with Crippen molar-refractivity contribution in [2.45, 2.75) is 25.5 Å². The number of aliphatic hydroxyl groups excluding tert-OH is 2. The third kappa shape index (κ3) is 5.45. The lowest BCUT2D eigenvalue weighted by molar-refractivity contribution is -0.165. The molecule has 10 nitrogen and oxygen atoms in total. The van der Waals surface area contributed by atoms with Crippen LogP contribution in [0.4, 0.5) is 0 Å². The van der Waals surface area contributed by atoms with E-state index in [2.05, 4.69) is 0 Å². The molecule has 4 N–H and O–H groups in total. The highest BCUT2D eigenvalue weighted by molar-refractivity contribution is 6.00. The van der Waals surface area contributed by atoms with Gasteiger partial charge in [-0.05, 0) is 6.92 Å². The van der Waals surface area contributed by atoms with Crippen molar-refractivity contribution in [2.24, 2.45) is 0 Å². The minimum Gasteiger partial charge on any atom is -0.480 e. The Labute approximate surface area is 119 Å². The largest absolute Gasteiger partial charge is 0.480 e. The van der Waals surface area contributed by atoms with Gasteiger partial charge >= 0.3 is 11.9 Å². The van der Waals surface area contributed by atoms with E-state index in [-0.39, 0.29) is 11.5 Å². The molecule has 0 saturated heterocycles. The quantitative estimate of drug-likeness (QED) is 0.365. The number of amides is 2. The average molecular weight is 307 g/mol. The Morgan fingerprint density at radius 2 is 1.48 bits per heavy atom. The number of hydrogen-bond acceptors (Lipinski definition) is 7. The number of carboxylic acids is 2. The van der Waals surface area contributed by atoms with Gasteiger partial charge in [0.05, 0.1) is 0 Å². The van der Waals surface area contributed by atoms with Crippen LogP contribution in [0.1, 0.15) is 13.3 Å². The summed E-state index contributed by atoms with van der Waals surface area (Å²) in [7, 11) is 0. The molecule has 2 unspecified atom stereocenters. The van der Waals surface area contributed by atoms with Crippen LogP contribution in [0.3, 0.4) is 0 Å². The van der Waals surface area contributed by atoms with Crippen LogP contribution in [0, 0.1) is 0 Å². The van der Waals surface area contributed by atoms with Gasteiger partial charge in [-0.25, -0.2) is 9.59 Å². The van der Waals surface area contributed by atoms with Crippen LogP contribution < -0.4 is 0 Å². The molecule has 0 aromatic rings. The fourth-order valence-corrected chi connectivity index (χ4v) is 1.60. The number of ether oxygens (including phenoxy) is 1. The monoisotopic (exact) mass is 307 g/mol. The molecule has 0 bridgehead atoms. The first-order valence-corrected chi connectivity index (χ1v) is 5.93. The number of carboxylic acid groups (broad SMARTS) is 2. The minimum absolute atomic E-state index is 0.0226. The Bertz CT molecular complexity index is 392. The minimum atomic E-state index is -1.88. The van der Waals surface area contributed by atoms with Crippen LogP contribution in [0.25, 0.3) is 0 Å². The second kappa shape index (κ2) is 9.00. The van der Waals surface area contributed by atoms with Gasteiger partial charge in [0.1, 0.15) is 19.3 Å². The normalized spacial score (nSPS) is 13.3. The van der Waals surface area contributed by atoms with Gasteiger partial charge < -0.3 is 25.2 Å². The maximum Gasteiger partial charge on any atom is 0.332 e. The smallest absolute Gasteiger partial charge is 0.332 e. The number of aliphatic hydroxyl groups is 2. The second-order valence-corrected chi connectivity index (χ2v) is 3.85. The molecule has 21 heavy (non-hydrogen) atoms. The van der Waals surface area contributed by atoms with Crippen molar-refractivity contribution in [1.29, 1.82) is 0 Å². The van der Waals surface area contributed by atoms with Crippen LogP contribution in [0.5, 0.6) is 0 Å². The highest BCUT2D eigenvalue weighted by Gasteiger charge is 2.37. The molecule has 0 saturated carbocycles. The summed E-state index contributed by atoms with van der Waals surface area (Å²) in [6, 6.07) is -1.88. The summed E-state index contributed by atoms with van der Waals surface area (Å²) in [4.78, 5) is 45.2. The molecule has 0 aliphatic carbocycles. The lowest BCUT2D eigenvalue weighted by atomic mass is 10.1. The molecule has 0 heterocycles. The molecule has 0 rings (SSSR count). The molecule has 2 amide bonds. The Kier molecular flexibility index (Phi) is 8.12. The van der Waals surface area contributed by atoms with Gasteiger partial charge in [0.15, 0.2) is 6.10 Å². The van der Waals surface area contributed by atoms with E-state index in [0.717, 1.165) is 0 Å². The summed E-state index contributed by atoms with van der Waals surface area (Å²) in [5.41, 5.74) is 0. The molecule has 0 spiro atoms. The SMILES string of the molecule is CCOC(CC(C(=O)O)N(C(=O)CO)C(=O)CO)C(=O)O. The molecule has 0 aliphatic rings. The molecule has 120 valence electrons. The molecule has 0 aliphatic heterocycles. The van der Waals surface area contributed by atoms with E-state index in [4.69, 9.17) is 25.2 Å². The summed E-state index contributed by atoms with van der Waals surface area (Å²) in [6.45, 7) is -0.865. The number of rotatable bonds is 9. The molecular weight excluding hydrogens is 290 g/mol. The van der Waals surface area contributed by atoms with Gasteiger partial charge in [-0.2, -0.15) is 0 Å². The summed E-state index contributed by atoms with van der Waals surface area (Å²) in [6.07, 6.45) is -2.27. The first-order valence-electron chi connectivity index (χ1n) is 5.93. The zero-order valence-corrected chi connectivity index (χ0v) is 11.3. The highest BCUT2D eigenvalue weighted by atomic mass is 16.5. The highest BCUT2D eigenvalue weighted by Crippen LogP contribution is 2.12. The van der Waals surface area contributed by atoms with Crippen LogP contribution in [0.2, 0.25) is 0 Å². The predicted molar refractivity (Wildman–Crippen MR) is 65.1 cm³/mol. The summed E-state index contributed by atoms with van der Waals surface area (Å²) >= 11 is 0. The molecule has 0 aromatic heterocycles. The van der Waals surface area contributed by atoms with Crippen LogP contribution >= 0.6 is 0 Å². The topological polar surface area (TPSA) is 162 Å². The first-order chi connectivity index (χ1) is 9.79. The maximum atomic E-state index is 11.5. The molecule has 0 radical (unpaired) electrons. The maximum absolute atomic E-state index is 11.5. The van der Waals surface area contributed by atoms with Crippen LogP contribution in [-0.4, -0.2) is 81.0 Å². The average Bonchev–Trinajstić information content (AvgIpc) is 2.44. The number of imide groups is 1. The van der Waals surface area contributed by atoms with E-state index < -0.39 is 55.5 Å². The van der Waals surface area contributed by atoms with Crippen LogP contribution in [-0.2, 0) is 23.9 Å². The number of carbonyl (C=O) groups is 4. The van der Waals surface area contributed by atoms with Gasteiger partial charge in [0.2, 0.25) is 0 Å². The van der Waals surface area contributed by atoms with Gasteiger partial charge in [-0.1, -0.05) is 0 Å². The molecule has 2 atom stereocenters.